The summed E-state index contributed by atoms with van der Waals surface area (Å²) in [5, 5.41) is 11.5. The summed E-state index contributed by atoms with van der Waals surface area (Å²) in [4.78, 5) is 25.4. The van der Waals surface area contributed by atoms with Crippen molar-refractivity contribution in [2.45, 2.75) is 0 Å². The van der Waals surface area contributed by atoms with E-state index in [0.29, 0.717) is 28.9 Å². The molecule has 2 aromatic heterocycles. The van der Waals surface area contributed by atoms with Crippen molar-refractivity contribution in [1.29, 1.82) is 0 Å². The summed E-state index contributed by atoms with van der Waals surface area (Å²) >= 11 is 0. The topological polar surface area (TPSA) is 110 Å². The van der Waals surface area contributed by atoms with Gasteiger partial charge in [0.05, 0.1) is 43.0 Å². The van der Waals surface area contributed by atoms with Crippen LogP contribution in [0.1, 0.15) is 0 Å². The number of benzene rings is 2. The number of nitrogens with one attached hydrogen (secondary N) is 2. The fourth-order valence-electron chi connectivity index (χ4n) is 3.87. The van der Waals surface area contributed by atoms with Crippen LogP contribution in [0.25, 0.3) is 16.7 Å². The lowest BCUT2D eigenvalue weighted by Gasteiger charge is -2.26. The molecule has 38 heavy (non-hydrogen) atoms. The quantitative estimate of drug-likeness (QED) is 0.288. The summed E-state index contributed by atoms with van der Waals surface area (Å²) in [5.74, 6) is 1.93. The average molecular weight is 517 g/mol. The van der Waals surface area contributed by atoms with E-state index in [0.717, 1.165) is 35.4 Å². The van der Waals surface area contributed by atoms with Crippen molar-refractivity contribution in [3.05, 3.63) is 61.4 Å². The molecular formula is C27H32N8O3. The van der Waals surface area contributed by atoms with Gasteiger partial charge in [-0.15, -0.1) is 0 Å². The van der Waals surface area contributed by atoms with Crippen LogP contribution in [0.2, 0.25) is 0 Å². The van der Waals surface area contributed by atoms with Crippen molar-refractivity contribution >= 4 is 39.8 Å². The summed E-state index contributed by atoms with van der Waals surface area (Å²) in [5.41, 5.74) is 2.87. The molecule has 4 rings (SSSR count). The number of amides is 1. The van der Waals surface area contributed by atoms with Gasteiger partial charge in [-0.2, -0.15) is 10.1 Å². The lowest BCUT2D eigenvalue weighted by Crippen LogP contribution is -2.29. The Balaban J connectivity index is 1.68. The summed E-state index contributed by atoms with van der Waals surface area (Å²) in [6, 6.07) is 11.2. The van der Waals surface area contributed by atoms with Crippen molar-refractivity contribution in [3.8, 4) is 17.3 Å². The lowest BCUT2D eigenvalue weighted by atomic mass is 10.2. The highest BCUT2D eigenvalue weighted by Crippen LogP contribution is 2.38. The predicted molar refractivity (Wildman–Crippen MR) is 150 cm³/mol. The summed E-state index contributed by atoms with van der Waals surface area (Å²) in [6.07, 6.45) is 4.64. The fraction of sp³-hybridized carbons (Fsp3) is 0.259. The molecule has 0 radical (unpaired) electrons. The zero-order valence-electron chi connectivity index (χ0n) is 22.2. The van der Waals surface area contributed by atoms with E-state index in [1.165, 1.54) is 6.08 Å². The molecule has 198 valence electrons. The Bertz CT molecular complexity index is 1450. The van der Waals surface area contributed by atoms with E-state index < -0.39 is 0 Å². The Kier molecular flexibility index (Phi) is 8.07. The van der Waals surface area contributed by atoms with Crippen LogP contribution in [-0.4, -0.2) is 79.0 Å². The van der Waals surface area contributed by atoms with Gasteiger partial charge in [-0.3, -0.25) is 4.79 Å². The van der Waals surface area contributed by atoms with E-state index in [4.69, 9.17) is 9.47 Å². The van der Waals surface area contributed by atoms with Crippen molar-refractivity contribution in [3.63, 3.8) is 0 Å². The summed E-state index contributed by atoms with van der Waals surface area (Å²) < 4.78 is 12.7. The molecule has 0 saturated carbocycles. The molecule has 0 aliphatic rings. The number of likely N-dealkylation sites (N-methyl/N-ethyl adjacent to an activating group) is 2. The third-order valence-corrected chi connectivity index (χ3v) is 5.93. The normalized spacial score (nSPS) is 10.9. The van der Waals surface area contributed by atoms with Crippen molar-refractivity contribution in [2.24, 2.45) is 0 Å². The molecule has 0 atom stereocenters. The molecule has 2 heterocycles. The third-order valence-electron chi connectivity index (χ3n) is 5.93. The summed E-state index contributed by atoms with van der Waals surface area (Å²) in [6.45, 7) is 5.15. The molecule has 0 fully saturated rings. The number of ether oxygens (including phenoxy) is 2. The first-order chi connectivity index (χ1) is 18.3. The minimum Gasteiger partial charge on any atom is -0.497 e. The Morgan fingerprint density at radius 2 is 1.89 bits per heavy atom. The van der Waals surface area contributed by atoms with Gasteiger partial charge in [-0.05, 0) is 44.4 Å². The van der Waals surface area contributed by atoms with Gasteiger partial charge >= 0.3 is 0 Å². The zero-order chi connectivity index (χ0) is 27.2. The molecule has 11 heteroatoms. The second-order valence-electron chi connectivity index (χ2n) is 8.83. The minimum atomic E-state index is -0.316. The van der Waals surface area contributed by atoms with Gasteiger partial charge in [0.2, 0.25) is 11.9 Å². The number of hydrogen-bond acceptors (Lipinski definition) is 9. The highest BCUT2D eigenvalue weighted by Gasteiger charge is 2.17. The van der Waals surface area contributed by atoms with E-state index in [2.05, 4.69) is 42.1 Å². The van der Waals surface area contributed by atoms with E-state index in [-0.39, 0.29) is 5.91 Å². The molecule has 0 saturated heterocycles. The van der Waals surface area contributed by atoms with Crippen molar-refractivity contribution in [1.82, 2.24) is 24.6 Å². The number of rotatable bonds is 11. The number of nitrogens with zero attached hydrogens (tertiary/aromatic N) is 6. The third kappa shape index (κ3) is 5.84. The largest absolute Gasteiger partial charge is 0.497 e. The molecule has 2 N–H and O–H groups in total. The molecule has 2 aromatic carbocycles. The van der Waals surface area contributed by atoms with Crippen LogP contribution in [0.3, 0.4) is 0 Å². The van der Waals surface area contributed by atoms with Crippen molar-refractivity contribution < 1.29 is 14.3 Å². The number of aromatic nitrogens is 4. The molecule has 0 spiro atoms. The Morgan fingerprint density at radius 1 is 1.08 bits per heavy atom. The molecule has 1 amide bonds. The van der Waals surface area contributed by atoms with E-state index in [9.17, 15) is 4.79 Å². The Morgan fingerprint density at radius 3 is 2.61 bits per heavy atom. The predicted octanol–water partition coefficient (Wildman–Crippen LogP) is 3.70. The molecule has 4 aromatic rings. The first kappa shape index (κ1) is 26.4. The maximum Gasteiger partial charge on any atom is 0.247 e. The van der Waals surface area contributed by atoms with Gasteiger partial charge in [0.1, 0.15) is 11.5 Å². The first-order valence-electron chi connectivity index (χ1n) is 12.0. The minimum absolute atomic E-state index is 0.316. The number of hydrogen-bond donors (Lipinski definition) is 2. The molecular weight excluding hydrogens is 484 g/mol. The highest BCUT2D eigenvalue weighted by molar-refractivity contribution is 6.02. The molecule has 0 aliphatic carbocycles. The monoisotopic (exact) mass is 516 g/mol. The fourth-order valence-corrected chi connectivity index (χ4v) is 3.87. The van der Waals surface area contributed by atoms with Crippen LogP contribution < -0.4 is 25.0 Å². The van der Waals surface area contributed by atoms with Crippen LogP contribution in [0.5, 0.6) is 11.5 Å². The second kappa shape index (κ2) is 11.6. The van der Waals surface area contributed by atoms with Gasteiger partial charge < -0.3 is 29.9 Å². The van der Waals surface area contributed by atoms with E-state index in [1.807, 2.05) is 45.4 Å². The van der Waals surface area contributed by atoms with Gasteiger partial charge in [-0.1, -0.05) is 6.58 Å². The maximum absolute atomic E-state index is 12.2. The molecule has 0 bridgehead atoms. The Labute approximate surface area is 221 Å². The number of anilines is 4. The standard InChI is InChI=1S/C27H32N8O3/c1-7-26(36)30-20-15-21(24(38-6)16-23(20)34(4)13-12-33(2)3)31-27-28-11-10-25(32-27)35-22-9-8-19(37-5)14-18(22)17-29-35/h7-11,14-17H,1,12-13H2,2-6H3,(H,30,36)(H,28,31,32). The molecule has 11 nitrogen and oxygen atoms in total. The lowest BCUT2D eigenvalue weighted by molar-refractivity contribution is -0.111. The van der Waals surface area contributed by atoms with Crippen LogP contribution in [0.4, 0.5) is 23.0 Å². The number of methoxy groups -OCH3 is 2. The maximum atomic E-state index is 12.2. The number of carbonyl (C=O) groups excluding carboxylic acids is 1. The molecule has 0 aliphatic heterocycles. The van der Waals surface area contributed by atoms with Gasteiger partial charge in [0, 0.05) is 43.9 Å². The van der Waals surface area contributed by atoms with Crippen LogP contribution in [0, 0.1) is 0 Å². The number of fused-ring (bicyclic) bond motifs is 1. The Hall–Kier alpha value is -4.64. The van der Waals surface area contributed by atoms with Crippen molar-refractivity contribution in [2.75, 3.05) is 64.0 Å². The average Bonchev–Trinajstić information content (AvgIpc) is 3.35. The van der Waals surface area contributed by atoms with Gasteiger partial charge in [0.25, 0.3) is 0 Å². The van der Waals surface area contributed by atoms with Crippen LogP contribution >= 0.6 is 0 Å². The summed E-state index contributed by atoms with van der Waals surface area (Å²) in [7, 11) is 9.21. The molecule has 0 unspecified atom stereocenters. The highest BCUT2D eigenvalue weighted by atomic mass is 16.5. The van der Waals surface area contributed by atoms with E-state index in [1.54, 1.807) is 43.4 Å². The second-order valence-corrected chi connectivity index (χ2v) is 8.83. The number of carbonyl (C=O) groups is 1. The van der Waals surface area contributed by atoms with Gasteiger partial charge in [-0.25, -0.2) is 9.67 Å². The smallest absolute Gasteiger partial charge is 0.247 e. The SMILES string of the molecule is C=CC(=O)Nc1cc(Nc2nccc(-n3ncc4cc(OC)ccc43)n2)c(OC)cc1N(C)CCN(C)C. The zero-order valence-corrected chi connectivity index (χ0v) is 22.2. The van der Waals surface area contributed by atoms with Gasteiger partial charge in [0.15, 0.2) is 5.82 Å². The van der Waals surface area contributed by atoms with Crippen LogP contribution in [0.15, 0.2) is 61.4 Å². The van der Waals surface area contributed by atoms with Crippen LogP contribution in [-0.2, 0) is 4.79 Å². The van der Waals surface area contributed by atoms with E-state index >= 15 is 0 Å². The first-order valence-corrected chi connectivity index (χ1v) is 12.0.